The van der Waals surface area contributed by atoms with Crippen LogP contribution < -0.4 is 5.32 Å². The molecular weight excluding hydrogens is 228 g/mol. The van der Waals surface area contributed by atoms with Crippen molar-refractivity contribution in [1.82, 2.24) is 10.2 Å². The normalized spacial score (nSPS) is 28.9. The molecule has 1 aliphatic heterocycles. The molecule has 0 aliphatic carbocycles. The number of rotatable bonds is 2. The lowest BCUT2D eigenvalue weighted by Gasteiger charge is -2.38. The number of amides is 1. The van der Waals surface area contributed by atoms with Crippen LogP contribution in [-0.2, 0) is 14.6 Å². The van der Waals surface area contributed by atoms with Crippen LogP contribution >= 0.6 is 0 Å². The Bertz CT molecular complexity index is 366. The summed E-state index contributed by atoms with van der Waals surface area (Å²) in [6, 6.07) is 0.264. The van der Waals surface area contributed by atoms with Gasteiger partial charge in [0.15, 0.2) is 9.84 Å². The fourth-order valence-electron chi connectivity index (χ4n) is 1.75. The van der Waals surface area contributed by atoms with Gasteiger partial charge in [0.1, 0.15) is 5.25 Å². The molecule has 1 fully saturated rings. The first-order chi connectivity index (χ1) is 7.23. The molecule has 5 nitrogen and oxygen atoms in total. The molecule has 0 saturated carbocycles. The van der Waals surface area contributed by atoms with Gasteiger partial charge >= 0.3 is 0 Å². The lowest BCUT2D eigenvalue weighted by molar-refractivity contribution is -0.133. The van der Waals surface area contributed by atoms with Crippen molar-refractivity contribution in [3.63, 3.8) is 0 Å². The fourth-order valence-corrected chi connectivity index (χ4v) is 2.25. The Labute approximate surface area is 97.1 Å². The van der Waals surface area contributed by atoms with E-state index in [-0.39, 0.29) is 18.0 Å². The topological polar surface area (TPSA) is 66.5 Å². The molecule has 6 heteroatoms. The van der Waals surface area contributed by atoms with Crippen LogP contribution in [0.4, 0.5) is 0 Å². The van der Waals surface area contributed by atoms with Crippen molar-refractivity contribution in [2.75, 3.05) is 19.3 Å². The predicted octanol–water partition coefficient (Wildman–Crippen LogP) is -0.372. The zero-order valence-corrected chi connectivity index (χ0v) is 11.0. The van der Waals surface area contributed by atoms with E-state index in [9.17, 15) is 13.2 Å². The Balaban J connectivity index is 2.80. The lowest BCUT2D eigenvalue weighted by Crippen LogP contribution is -2.58. The van der Waals surface area contributed by atoms with Gasteiger partial charge in [-0.15, -0.1) is 0 Å². The minimum absolute atomic E-state index is 0.0490. The Morgan fingerprint density at radius 3 is 2.50 bits per heavy atom. The zero-order chi connectivity index (χ0) is 12.5. The maximum absolute atomic E-state index is 12.0. The molecule has 3 atom stereocenters. The monoisotopic (exact) mass is 248 g/mol. The molecule has 1 heterocycles. The number of piperazine rings is 1. The first kappa shape index (κ1) is 13.4. The molecule has 1 aliphatic rings. The number of hydrogen-bond donors (Lipinski definition) is 1. The zero-order valence-electron chi connectivity index (χ0n) is 10.2. The van der Waals surface area contributed by atoms with Gasteiger partial charge in [0.2, 0.25) is 5.91 Å². The summed E-state index contributed by atoms with van der Waals surface area (Å²) in [5.74, 6) is -0.289. The van der Waals surface area contributed by atoms with Gasteiger partial charge in [0.25, 0.3) is 0 Å². The Morgan fingerprint density at radius 1 is 1.44 bits per heavy atom. The van der Waals surface area contributed by atoms with Crippen LogP contribution in [0.2, 0.25) is 0 Å². The van der Waals surface area contributed by atoms with E-state index in [4.69, 9.17) is 0 Å². The molecule has 0 aromatic heterocycles. The highest BCUT2D eigenvalue weighted by Gasteiger charge is 2.33. The molecule has 0 aromatic rings. The summed E-state index contributed by atoms with van der Waals surface area (Å²) in [7, 11) is -3.30. The van der Waals surface area contributed by atoms with Crippen LogP contribution in [0.25, 0.3) is 0 Å². The number of sulfone groups is 1. The fraction of sp³-hybridized carbons (Fsp3) is 0.900. The van der Waals surface area contributed by atoms with E-state index in [1.54, 1.807) is 4.90 Å². The number of carbonyl (C=O) groups excluding carboxylic acids is 1. The maximum atomic E-state index is 12.0. The highest BCUT2D eigenvalue weighted by atomic mass is 32.2. The molecule has 0 aromatic carbocycles. The minimum Gasteiger partial charge on any atom is -0.336 e. The van der Waals surface area contributed by atoms with Gasteiger partial charge in [-0.1, -0.05) is 0 Å². The summed E-state index contributed by atoms with van der Waals surface area (Å²) in [4.78, 5) is 13.7. The average Bonchev–Trinajstić information content (AvgIpc) is 2.18. The van der Waals surface area contributed by atoms with Crippen molar-refractivity contribution in [3.05, 3.63) is 0 Å². The van der Waals surface area contributed by atoms with E-state index in [1.807, 2.05) is 13.8 Å². The second kappa shape index (κ2) is 4.71. The van der Waals surface area contributed by atoms with Crippen molar-refractivity contribution in [2.24, 2.45) is 0 Å². The molecule has 3 unspecified atom stereocenters. The van der Waals surface area contributed by atoms with Gasteiger partial charge in [-0.25, -0.2) is 8.42 Å². The molecule has 1 rings (SSSR count). The quantitative estimate of drug-likeness (QED) is 0.724. The summed E-state index contributed by atoms with van der Waals surface area (Å²) < 4.78 is 22.7. The van der Waals surface area contributed by atoms with Crippen LogP contribution in [-0.4, -0.2) is 55.9 Å². The van der Waals surface area contributed by atoms with Gasteiger partial charge in [0, 0.05) is 31.4 Å². The molecule has 0 radical (unpaired) electrons. The smallest absolute Gasteiger partial charge is 0.240 e. The molecule has 1 N–H and O–H groups in total. The van der Waals surface area contributed by atoms with E-state index in [0.717, 1.165) is 6.26 Å². The first-order valence-corrected chi connectivity index (χ1v) is 7.41. The van der Waals surface area contributed by atoms with Crippen LogP contribution in [0, 0.1) is 0 Å². The van der Waals surface area contributed by atoms with E-state index in [0.29, 0.717) is 13.1 Å². The van der Waals surface area contributed by atoms with Crippen LogP contribution in [0.3, 0.4) is 0 Å². The summed E-state index contributed by atoms with van der Waals surface area (Å²) in [6.07, 6.45) is 1.10. The maximum Gasteiger partial charge on any atom is 0.240 e. The second-order valence-corrected chi connectivity index (χ2v) is 6.99. The molecule has 0 spiro atoms. The Hall–Kier alpha value is -0.620. The second-order valence-electron chi connectivity index (χ2n) is 4.62. The van der Waals surface area contributed by atoms with Gasteiger partial charge in [-0.05, 0) is 20.8 Å². The third-order valence-corrected chi connectivity index (χ3v) is 4.52. The van der Waals surface area contributed by atoms with E-state index < -0.39 is 15.1 Å². The molecule has 1 saturated heterocycles. The highest BCUT2D eigenvalue weighted by molar-refractivity contribution is 7.92. The number of nitrogens with zero attached hydrogens (tertiary/aromatic N) is 1. The minimum atomic E-state index is -3.30. The van der Waals surface area contributed by atoms with Crippen LogP contribution in [0.15, 0.2) is 0 Å². The summed E-state index contributed by atoms with van der Waals surface area (Å²) in [6.45, 7) is 6.64. The Kier molecular flexibility index (Phi) is 3.96. The average molecular weight is 248 g/mol. The summed E-state index contributed by atoms with van der Waals surface area (Å²) in [5, 5.41) is 2.31. The molecule has 0 bridgehead atoms. The third-order valence-electron chi connectivity index (χ3n) is 3.04. The van der Waals surface area contributed by atoms with Crippen molar-refractivity contribution in [1.29, 1.82) is 0 Å². The SMILES string of the molecule is CC1CN(C(=O)C(C)S(C)(=O)=O)C(C)CN1. The van der Waals surface area contributed by atoms with Crippen molar-refractivity contribution in [2.45, 2.75) is 38.1 Å². The Morgan fingerprint density at radius 2 is 2.00 bits per heavy atom. The van der Waals surface area contributed by atoms with Crippen molar-refractivity contribution < 1.29 is 13.2 Å². The van der Waals surface area contributed by atoms with Crippen LogP contribution in [0.1, 0.15) is 20.8 Å². The number of hydrogen-bond acceptors (Lipinski definition) is 4. The highest BCUT2D eigenvalue weighted by Crippen LogP contribution is 2.11. The predicted molar refractivity (Wildman–Crippen MR) is 62.9 cm³/mol. The molecule has 16 heavy (non-hydrogen) atoms. The van der Waals surface area contributed by atoms with Crippen molar-refractivity contribution >= 4 is 15.7 Å². The van der Waals surface area contributed by atoms with E-state index in [2.05, 4.69) is 5.32 Å². The van der Waals surface area contributed by atoms with Gasteiger partial charge in [-0.3, -0.25) is 4.79 Å². The van der Waals surface area contributed by atoms with Crippen LogP contribution in [0.5, 0.6) is 0 Å². The molecular formula is C10H20N2O3S. The van der Waals surface area contributed by atoms with Crippen molar-refractivity contribution in [3.8, 4) is 0 Å². The summed E-state index contributed by atoms with van der Waals surface area (Å²) >= 11 is 0. The van der Waals surface area contributed by atoms with Gasteiger partial charge < -0.3 is 10.2 Å². The number of nitrogens with one attached hydrogen (secondary N) is 1. The van der Waals surface area contributed by atoms with Gasteiger partial charge in [0.05, 0.1) is 0 Å². The molecule has 1 amide bonds. The van der Waals surface area contributed by atoms with E-state index in [1.165, 1.54) is 6.92 Å². The third kappa shape index (κ3) is 2.95. The van der Waals surface area contributed by atoms with E-state index >= 15 is 0 Å². The number of carbonyl (C=O) groups is 1. The summed E-state index contributed by atoms with van der Waals surface area (Å²) in [5.41, 5.74) is 0. The molecule has 94 valence electrons. The lowest BCUT2D eigenvalue weighted by atomic mass is 10.1. The standard InChI is InChI=1S/C10H20N2O3S/c1-7-6-12(8(2)5-11-7)10(13)9(3)16(4,14)15/h7-9,11H,5-6H2,1-4H3. The first-order valence-electron chi connectivity index (χ1n) is 5.46. The van der Waals surface area contributed by atoms with Gasteiger partial charge in [-0.2, -0.15) is 0 Å². The largest absolute Gasteiger partial charge is 0.336 e.